The summed E-state index contributed by atoms with van der Waals surface area (Å²) in [7, 11) is -4.01. The van der Waals surface area contributed by atoms with Crippen LogP contribution in [0, 0.1) is 6.92 Å². The van der Waals surface area contributed by atoms with E-state index in [2.05, 4.69) is 25.9 Å². The van der Waals surface area contributed by atoms with Gasteiger partial charge in [-0.3, -0.25) is 9.78 Å². The molecule has 3 aromatic heterocycles. The Balaban J connectivity index is 1.71. The molecule has 1 aliphatic rings. The molecule has 0 fully saturated rings. The van der Waals surface area contributed by atoms with Crippen molar-refractivity contribution >= 4 is 31.7 Å². The van der Waals surface area contributed by atoms with E-state index in [1.807, 2.05) is 23.6 Å². The van der Waals surface area contributed by atoms with Gasteiger partial charge in [0.15, 0.2) is 0 Å². The predicted molar refractivity (Wildman–Crippen MR) is 142 cm³/mol. The number of halogens is 1. The summed E-state index contributed by atoms with van der Waals surface area (Å²) < 4.78 is 34.2. The minimum absolute atomic E-state index is 0.0551. The van der Waals surface area contributed by atoms with E-state index in [0.717, 1.165) is 16.8 Å². The smallest absolute Gasteiger partial charge is 0.356 e. The summed E-state index contributed by atoms with van der Waals surface area (Å²) in [5, 5.41) is 0. The number of carbonyl (C=O) groups is 1. The molecule has 1 aliphatic carbocycles. The zero-order chi connectivity index (χ0) is 26.3. The lowest BCUT2D eigenvalue weighted by Crippen LogP contribution is -2.22. The number of ether oxygens (including phenoxy) is 1. The van der Waals surface area contributed by atoms with Gasteiger partial charge in [-0.05, 0) is 83.6 Å². The number of carbonyl (C=O) groups excluding carboxylic acids is 1. The molecular weight excluding hydrogens is 558 g/mol. The lowest BCUT2D eigenvalue weighted by molar-refractivity contribution is 0.0513. The fourth-order valence-corrected chi connectivity index (χ4v) is 6.76. The molecule has 1 aromatic carbocycles. The number of hydrogen-bond donors (Lipinski definition) is 1. The molecule has 0 aliphatic heterocycles. The van der Waals surface area contributed by atoms with Gasteiger partial charge >= 0.3 is 5.97 Å². The average Bonchev–Trinajstić information content (AvgIpc) is 3.17. The molecule has 0 unspecified atom stereocenters. The largest absolute Gasteiger partial charge is 0.461 e. The first-order valence-corrected chi connectivity index (χ1v) is 14.1. The molecule has 8 nitrogen and oxygen atoms in total. The van der Waals surface area contributed by atoms with Gasteiger partial charge in [0.25, 0.3) is 5.56 Å². The van der Waals surface area contributed by atoms with Crippen LogP contribution in [-0.2, 0) is 34.0 Å². The molecule has 0 spiro atoms. The van der Waals surface area contributed by atoms with Crippen LogP contribution in [0.4, 0.5) is 0 Å². The Morgan fingerprint density at radius 3 is 2.59 bits per heavy atom. The van der Waals surface area contributed by atoms with Crippen LogP contribution >= 0.6 is 15.9 Å². The van der Waals surface area contributed by atoms with Gasteiger partial charge in [-0.15, -0.1) is 0 Å². The van der Waals surface area contributed by atoms with Crippen molar-refractivity contribution in [2.45, 2.75) is 43.0 Å². The summed E-state index contributed by atoms with van der Waals surface area (Å²) >= 11 is 3.61. The number of H-pyrrole nitrogens is 1. The van der Waals surface area contributed by atoms with Gasteiger partial charge in [0.1, 0.15) is 10.6 Å². The van der Waals surface area contributed by atoms with Crippen LogP contribution in [0.25, 0.3) is 11.4 Å². The van der Waals surface area contributed by atoms with Crippen LogP contribution in [0.15, 0.2) is 73.8 Å². The Kier molecular flexibility index (Phi) is 6.63. The second-order valence-corrected chi connectivity index (χ2v) is 11.5. The number of nitrogens with zero attached hydrogens (tertiary/aromatic N) is 2. The number of nitrogens with one attached hydrogen (secondary N) is 1. The van der Waals surface area contributed by atoms with E-state index in [0.29, 0.717) is 46.5 Å². The van der Waals surface area contributed by atoms with E-state index in [1.54, 1.807) is 31.3 Å². The highest BCUT2D eigenvalue weighted by molar-refractivity contribution is 9.10. The number of benzene rings is 1. The number of rotatable bonds is 6. The quantitative estimate of drug-likeness (QED) is 0.336. The highest BCUT2D eigenvalue weighted by atomic mass is 79.9. The maximum absolute atomic E-state index is 13.2. The number of fused-ring (bicyclic) bond motifs is 3. The number of esters is 1. The summed E-state index contributed by atoms with van der Waals surface area (Å²) in [6, 6.07) is 13.2. The van der Waals surface area contributed by atoms with E-state index in [-0.39, 0.29) is 16.4 Å². The molecule has 5 rings (SSSR count). The van der Waals surface area contributed by atoms with Crippen molar-refractivity contribution in [3.63, 3.8) is 0 Å². The Bertz CT molecular complexity index is 1670. The molecule has 4 aromatic rings. The second kappa shape index (κ2) is 9.75. The first-order valence-electron chi connectivity index (χ1n) is 11.8. The van der Waals surface area contributed by atoms with Crippen LogP contribution in [-0.4, -0.2) is 35.5 Å². The SMILES string of the molecule is CCOC(=O)c1c(Br)c2c(n1Cc1ccc(C)nc1)-c1[nH]c(=O)c(S(=O)(=O)c3ccccc3)cc1CC2. The van der Waals surface area contributed by atoms with E-state index in [9.17, 15) is 18.0 Å². The van der Waals surface area contributed by atoms with Crippen molar-refractivity contribution in [3.8, 4) is 11.4 Å². The normalized spacial score (nSPS) is 12.6. The van der Waals surface area contributed by atoms with Crippen molar-refractivity contribution in [2.75, 3.05) is 6.61 Å². The number of aromatic amines is 1. The lowest BCUT2D eigenvalue weighted by atomic mass is 9.94. The third kappa shape index (κ3) is 4.44. The third-order valence-electron chi connectivity index (χ3n) is 6.39. The maximum atomic E-state index is 13.2. The van der Waals surface area contributed by atoms with Crippen molar-refractivity contribution in [1.82, 2.24) is 14.5 Å². The number of aryl methyl sites for hydroxylation is 2. The first-order chi connectivity index (χ1) is 17.7. The van der Waals surface area contributed by atoms with E-state index in [4.69, 9.17) is 4.74 Å². The molecule has 37 heavy (non-hydrogen) atoms. The fourth-order valence-electron chi connectivity index (χ4n) is 4.63. The van der Waals surface area contributed by atoms with Crippen LogP contribution in [0.1, 0.15) is 39.8 Å². The predicted octanol–water partition coefficient (Wildman–Crippen LogP) is 4.47. The van der Waals surface area contributed by atoms with Crippen molar-refractivity contribution < 1.29 is 17.9 Å². The van der Waals surface area contributed by atoms with Crippen molar-refractivity contribution in [2.24, 2.45) is 0 Å². The Labute approximate surface area is 222 Å². The van der Waals surface area contributed by atoms with Gasteiger partial charge in [-0.2, -0.15) is 0 Å². The highest BCUT2D eigenvalue weighted by Gasteiger charge is 2.33. The van der Waals surface area contributed by atoms with Gasteiger partial charge in [-0.25, -0.2) is 13.2 Å². The average molecular weight is 582 g/mol. The zero-order valence-electron chi connectivity index (χ0n) is 20.2. The summed E-state index contributed by atoms with van der Waals surface area (Å²) in [6.07, 6.45) is 2.78. The molecule has 3 heterocycles. The van der Waals surface area contributed by atoms with E-state index in [1.165, 1.54) is 18.2 Å². The number of hydrogen-bond acceptors (Lipinski definition) is 6. The van der Waals surface area contributed by atoms with Crippen LogP contribution in [0.3, 0.4) is 0 Å². The van der Waals surface area contributed by atoms with Gasteiger partial charge < -0.3 is 14.3 Å². The Morgan fingerprint density at radius 2 is 1.92 bits per heavy atom. The monoisotopic (exact) mass is 581 g/mol. The molecule has 0 radical (unpaired) electrons. The van der Waals surface area contributed by atoms with Gasteiger partial charge in [0.05, 0.1) is 33.9 Å². The van der Waals surface area contributed by atoms with E-state index < -0.39 is 21.4 Å². The number of aromatic nitrogens is 3. The Morgan fingerprint density at radius 1 is 1.16 bits per heavy atom. The van der Waals surface area contributed by atoms with Crippen LogP contribution < -0.4 is 5.56 Å². The number of pyridine rings is 2. The summed E-state index contributed by atoms with van der Waals surface area (Å²) in [4.78, 5) is 33.2. The minimum Gasteiger partial charge on any atom is -0.461 e. The molecule has 10 heteroatoms. The number of sulfone groups is 1. The summed E-state index contributed by atoms with van der Waals surface area (Å²) in [5.74, 6) is -0.490. The maximum Gasteiger partial charge on any atom is 0.356 e. The highest BCUT2D eigenvalue weighted by Crippen LogP contribution is 2.41. The topological polar surface area (TPSA) is 111 Å². The zero-order valence-corrected chi connectivity index (χ0v) is 22.6. The Hall–Kier alpha value is -3.50. The molecule has 0 saturated carbocycles. The lowest BCUT2D eigenvalue weighted by Gasteiger charge is -2.21. The standard InChI is InChI=1S/C27H24BrN3O5S/c1-3-36-27(33)25-22(28)20-12-11-18-13-21(37(34,35)19-7-5-4-6-8-19)26(32)30-23(18)24(20)31(25)15-17-10-9-16(2)29-14-17/h4-10,13-14H,3,11-12,15H2,1-2H3,(H,30,32). The molecule has 0 amide bonds. The van der Waals surface area contributed by atoms with Crippen LogP contribution in [0.5, 0.6) is 0 Å². The van der Waals surface area contributed by atoms with E-state index >= 15 is 0 Å². The molecule has 0 bridgehead atoms. The molecular formula is C27H24BrN3O5S. The van der Waals surface area contributed by atoms with Gasteiger partial charge in [0, 0.05) is 11.9 Å². The molecule has 1 N–H and O–H groups in total. The van der Waals surface area contributed by atoms with Crippen LogP contribution in [0.2, 0.25) is 0 Å². The molecule has 190 valence electrons. The van der Waals surface area contributed by atoms with Gasteiger partial charge in [-0.1, -0.05) is 24.3 Å². The fraction of sp³-hybridized carbons (Fsp3) is 0.222. The first kappa shape index (κ1) is 25.2. The second-order valence-electron chi connectivity index (χ2n) is 8.78. The summed E-state index contributed by atoms with van der Waals surface area (Å²) in [6.45, 7) is 4.15. The third-order valence-corrected chi connectivity index (χ3v) is 9.02. The molecule has 0 atom stereocenters. The molecule has 0 saturated heterocycles. The minimum atomic E-state index is -4.01. The van der Waals surface area contributed by atoms with Crippen molar-refractivity contribution in [3.05, 3.63) is 97.6 Å². The summed E-state index contributed by atoms with van der Waals surface area (Å²) in [5.41, 5.74) is 4.03. The van der Waals surface area contributed by atoms with Crippen molar-refractivity contribution in [1.29, 1.82) is 0 Å². The van der Waals surface area contributed by atoms with Gasteiger partial charge in [0.2, 0.25) is 9.84 Å².